The molecule has 1 heterocycles. The topological polar surface area (TPSA) is 113 Å². The van der Waals surface area contributed by atoms with Gasteiger partial charge in [-0.05, 0) is 37.5 Å². The number of sulfonamides is 1. The normalized spacial score (nSPS) is 17.1. The zero-order chi connectivity index (χ0) is 17.0. The maximum atomic E-state index is 12.5. The Hall–Kier alpha value is -1.64. The first-order chi connectivity index (χ1) is 10.9. The lowest BCUT2D eigenvalue weighted by molar-refractivity contribution is -0.117. The van der Waals surface area contributed by atoms with Crippen molar-refractivity contribution in [2.45, 2.75) is 43.5 Å². The fourth-order valence-corrected chi connectivity index (χ4v) is 4.06. The molecule has 1 aromatic rings. The summed E-state index contributed by atoms with van der Waals surface area (Å²) in [6, 6.07) is 3.19. The van der Waals surface area contributed by atoms with E-state index in [2.05, 4.69) is 5.32 Å². The summed E-state index contributed by atoms with van der Waals surface area (Å²) in [5, 5.41) is 12.4. The molecule has 0 saturated carbocycles. The number of nitrogens with one attached hydrogen (secondary N) is 1. The Morgan fingerprint density at radius 2 is 2.04 bits per heavy atom. The molecule has 1 aliphatic rings. The van der Waals surface area contributed by atoms with Crippen LogP contribution in [0.1, 0.15) is 32.6 Å². The lowest BCUT2D eigenvalue weighted by Crippen LogP contribution is -2.35. The van der Waals surface area contributed by atoms with Crippen LogP contribution in [-0.2, 0) is 14.8 Å². The smallest absolute Gasteiger partial charge is 0.243 e. The monoisotopic (exact) mass is 341 g/mol. The van der Waals surface area contributed by atoms with Gasteiger partial charge in [-0.25, -0.2) is 8.42 Å². The van der Waals surface area contributed by atoms with Gasteiger partial charge in [0.25, 0.3) is 0 Å². The molecule has 1 atom stereocenters. The van der Waals surface area contributed by atoms with Gasteiger partial charge in [0.15, 0.2) is 0 Å². The Labute approximate surface area is 136 Å². The van der Waals surface area contributed by atoms with Crippen LogP contribution in [0.3, 0.4) is 0 Å². The van der Waals surface area contributed by atoms with Gasteiger partial charge >= 0.3 is 0 Å². The minimum atomic E-state index is -3.60. The summed E-state index contributed by atoms with van der Waals surface area (Å²) in [6.07, 6.45) is 2.95. The molecule has 1 aliphatic heterocycles. The molecule has 1 unspecified atom stereocenters. The van der Waals surface area contributed by atoms with Crippen molar-refractivity contribution in [1.82, 2.24) is 4.31 Å². The van der Waals surface area contributed by atoms with E-state index in [1.807, 2.05) is 6.92 Å². The zero-order valence-electron chi connectivity index (χ0n) is 13.2. The summed E-state index contributed by atoms with van der Waals surface area (Å²) >= 11 is 0. The van der Waals surface area contributed by atoms with Crippen LogP contribution in [0.15, 0.2) is 23.1 Å². The van der Waals surface area contributed by atoms with Gasteiger partial charge in [-0.2, -0.15) is 4.31 Å². The number of hydrogen-bond acceptors (Lipinski definition) is 5. The molecular formula is C15H23N3O4S. The van der Waals surface area contributed by atoms with Crippen molar-refractivity contribution < 1.29 is 18.3 Å². The average Bonchev–Trinajstić information content (AvgIpc) is 3.04. The Morgan fingerprint density at radius 3 is 2.65 bits per heavy atom. The van der Waals surface area contributed by atoms with E-state index < -0.39 is 22.0 Å². The van der Waals surface area contributed by atoms with E-state index >= 15 is 0 Å². The molecular weight excluding hydrogens is 318 g/mol. The minimum Gasteiger partial charge on any atom is -0.506 e. The minimum absolute atomic E-state index is 0.0524. The Bertz CT molecular complexity index is 669. The van der Waals surface area contributed by atoms with E-state index in [1.54, 1.807) is 0 Å². The van der Waals surface area contributed by atoms with E-state index in [0.717, 1.165) is 19.3 Å². The quantitative estimate of drug-likeness (QED) is 0.674. The summed E-state index contributed by atoms with van der Waals surface area (Å²) in [7, 11) is -3.60. The molecule has 128 valence electrons. The van der Waals surface area contributed by atoms with Crippen LogP contribution in [0.2, 0.25) is 0 Å². The van der Waals surface area contributed by atoms with Gasteiger partial charge < -0.3 is 16.2 Å². The van der Waals surface area contributed by atoms with Gasteiger partial charge in [0.1, 0.15) is 5.75 Å². The zero-order valence-corrected chi connectivity index (χ0v) is 14.0. The highest BCUT2D eigenvalue weighted by molar-refractivity contribution is 7.89. The van der Waals surface area contributed by atoms with Gasteiger partial charge in [-0.15, -0.1) is 0 Å². The van der Waals surface area contributed by atoms with Crippen LogP contribution in [0, 0.1) is 0 Å². The van der Waals surface area contributed by atoms with Crippen molar-refractivity contribution in [1.29, 1.82) is 0 Å². The van der Waals surface area contributed by atoms with Crippen LogP contribution in [0.5, 0.6) is 5.75 Å². The molecule has 1 fully saturated rings. The fourth-order valence-electron chi connectivity index (χ4n) is 2.52. The fraction of sp³-hybridized carbons (Fsp3) is 0.533. The molecule has 8 heteroatoms. The standard InChI is InChI=1S/C15H23N3O4S/c1-2-5-12(16)15(20)17-13-10-11(6-7-14(13)19)23(21,22)18-8-3-4-9-18/h6-7,10,12,19H,2-5,8-9,16H2,1H3,(H,17,20). The third-order valence-corrected chi connectivity index (χ3v) is 5.76. The van der Waals surface area contributed by atoms with Crippen LogP contribution < -0.4 is 11.1 Å². The molecule has 1 amide bonds. The first-order valence-electron chi connectivity index (χ1n) is 7.76. The number of carbonyl (C=O) groups excluding carboxylic acids is 1. The van der Waals surface area contributed by atoms with Crippen molar-refractivity contribution in [3.63, 3.8) is 0 Å². The number of nitrogens with two attached hydrogens (primary N) is 1. The highest BCUT2D eigenvalue weighted by Gasteiger charge is 2.28. The summed E-state index contributed by atoms with van der Waals surface area (Å²) in [5.74, 6) is -0.639. The first-order valence-corrected chi connectivity index (χ1v) is 9.20. The number of benzene rings is 1. The molecule has 23 heavy (non-hydrogen) atoms. The molecule has 0 aromatic heterocycles. The summed E-state index contributed by atoms with van der Waals surface area (Å²) < 4.78 is 26.5. The van der Waals surface area contributed by atoms with E-state index in [9.17, 15) is 18.3 Å². The highest BCUT2D eigenvalue weighted by atomic mass is 32.2. The van der Waals surface area contributed by atoms with Crippen LogP contribution >= 0.6 is 0 Å². The molecule has 0 spiro atoms. The number of nitrogens with zero attached hydrogens (tertiary/aromatic N) is 1. The average molecular weight is 341 g/mol. The van der Waals surface area contributed by atoms with Crippen LogP contribution in [0.25, 0.3) is 0 Å². The number of aromatic hydroxyl groups is 1. The van der Waals surface area contributed by atoms with Crippen molar-refractivity contribution in [3.05, 3.63) is 18.2 Å². The highest BCUT2D eigenvalue weighted by Crippen LogP contribution is 2.29. The molecule has 0 aliphatic carbocycles. The molecule has 0 radical (unpaired) electrons. The van der Waals surface area contributed by atoms with Gasteiger partial charge in [0.05, 0.1) is 16.6 Å². The molecule has 1 aromatic carbocycles. The lowest BCUT2D eigenvalue weighted by Gasteiger charge is -2.17. The third kappa shape index (κ3) is 4.01. The summed E-state index contributed by atoms with van der Waals surface area (Å²) in [5.41, 5.74) is 5.79. The first kappa shape index (κ1) is 17.7. The maximum Gasteiger partial charge on any atom is 0.243 e. The molecule has 7 nitrogen and oxygen atoms in total. The number of hydrogen-bond donors (Lipinski definition) is 3. The number of anilines is 1. The number of phenols is 1. The molecule has 2 rings (SSSR count). The SMILES string of the molecule is CCCC(N)C(=O)Nc1cc(S(=O)(=O)N2CCCC2)ccc1O. The second-order valence-corrected chi connectivity index (χ2v) is 7.61. The molecule has 1 saturated heterocycles. The number of rotatable bonds is 6. The predicted octanol–water partition coefficient (Wildman–Crippen LogP) is 1.24. The van der Waals surface area contributed by atoms with Crippen molar-refractivity contribution in [3.8, 4) is 5.75 Å². The van der Waals surface area contributed by atoms with Crippen LogP contribution in [-0.4, -0.2) is 42.9 Å². The predicted molar refractivity (Wildman–Crippen MR) is 87.6 cm³/mol. The van der Waals surface area contributed by atoms with Crippen molar-refractivity contribution in [2.24, 2.45) is 5.73 Å². The van der Waals surface area contributed by atoms with E-state index in [0.29, 0.717) is 19.5 Å². The van der Waals surface area contributed by atoms with Crippen LogP contribution in [0.4, 0.5) is 5.69 Å². The second-order valence-electron chi connectivity index (χ2n) is 5.67. The molecule has 0 bridgehead atoms. The Morgan fingerprint density at radius 1 is 1.39 bits per heavy atom. The third-order valence-electron chi connectivity index (χ3n) is 3.87. The second kappa shape index (κ2) is 7.29. The van der Waals surface area contributed by atoms with Crippen molar-refractivity contribution in [2.75, 3.05) is 18.4 Å². The van der Waals surface area contributed by atoms with E-state index in [1.165, 1.54) is 22.5 Å². The van der Waals surface area contributed by atoms with Gasteiger partial charge in [0.2, 0.25) is 15.9 Å². The van der Waals surface area contributed by atoms with Gasteiger partial charge in [-0.1, -0.05) is 13.3 Å². The number of amides is 1. The maximum absolute atomic E-state index is 12.5. The Kier molecular flexibility index (Phi) is 5.61. The Balaban J connectivity index is 2.23. The van der Waals surface area contributed by atoms with Gasteiger partial charge in [-0.3, -0.25) is 4.79 Å². The van der Waals surface area contributed by atoms with E-state index in [4.69, 9.17) is 5.73 Å². The lowest BCUT2D eigenvalue weighted by atomic mass is 10.1. The summed E-state index contributed by atoms with van der Waals surface area (Å²) in [4.78, 5) is 12.0. The largest absolute Gasteiger partial charge is 0.506 e. The summed E-state index contributed by atoms with van der Waals surface area (Å²) in [6.45, 7) is 2.90. The molecule has 4 N–H and O–H groups in total. The number of carbonyl (C=O) groups is 1. The van der Waals surface area contributed by atoms with Crippen molar-refractivity contribution >= 4 is 21.6 Å². The van der Waals surface area contributed by atoms with E-state index in [-0.39, 0.29) is 16.3 Å². The van der Waals surface area contributed by atoms with Gasteiger partial charge in [0, 0.05) is 13.1 Å². The number of phenolic OH excluding ortho intramolecular Hbond substituents is 1.